The molecule has 0 aromatic carbocycles. The maximum absolute atomic E-state index is 9.77. The van der Waals surface area contributed by atoms with Crippen molar-refractivity contribution in [2.24, 2.45) is 0 Å². The third kappa shape index (κ3) is 18.6. The van der Waals surface area contributed by atoms with E-state index in [9.17, 15) is 9.59 Å². The Labute approximate surface area is 178 Å². The van der Waals surface area contributed by atoms with E-state index in [4.69, 9.17) is 33.7 Å². The summed E-state index contributed by atoms with van der Waals surface area (Å²) in [4.78, 5) is 19.5. The van der Waals surface area contributed by atoms with E-state index in [1.54, 1.807) is 0 Å². The van der Waals surface area contributed by atoms with Crippen LogP contribution in [0.1, 0.15) is 0 Å². The van der Waals surface area contributed by atoms with Gasteiger partial charge in [-0.25, -0.2) is 9.59 Å². The molecule has 0 spiro atoms. The molecule has 0 rings (SSSR count). The summed E-state index contributed by atoms with van der Waals surface area (Å²) in [6.45, 7) is 0. The quantitative estimate of drug-likeness (QED) is 0.291. The molecule has 0 aliphatic heterocycles. The zero-order valence-corrected chi connectivity index (χ0v) is 15.5. The van der Waals surface area contributed by atoms with Gasteiger partial charge in [0.1, 0.15) is 0 Å². The van der Waals surface area contributed by atoms with Gasteiger partial charge in [0.15, 0.2) is 12.2 Å². The molecule has 0 aromatic rings. The normalized spacial score (nSPS) is 12.1. The standard InChI is InChI=1S/C4H6O6.2K.H2O3S/c5-1(3(7)8)2(6)4(9)10;;;1-4(2)3/h1-2,5-6H,(H,7,8)(H,9,10);;;(H2,1,2,3)/q;2*+1;/p-2. The molecule has 0 aliphatic rings. The Morgan fingerprint density at radius 3 is 1.12 bits per heavy atom. The summed E-state index contributed by atoms with van der Waals surface area (Å²) in [6.07, 6.45) is -4.53. The van der Waals surface area contributed by atoms with Crippen LogP contribution < -0.4 is 103 Å². The number of hydrogen-bond donors (Lipinski definition) is 4. The summed E-state index contributed by atoms with van der Waals surface area (Å²) in [5.74, 6) is -3.54. The predicted molar refractivity (Wildman–Crippen MR) is 37.0 cm³/mol. The van der Waals surface area contributed by atoms with Crippen molar-refractivity contribution in [3.8, 4) is 0 Å². The number of rotatable bonds is 3. The molecule has 0 saturated heterocycles. The first-order valence-corrected chi connectivity index (χ1v) is 3.78. The molecule has 0 aromatic heterocycles. The SMILES string of the molecule is O=C(O)C(O)C(O)C(=O)O.O=S([O-])[O-].[K+].[K+]. The molecule has 2 unspecified atom stereocenters. The molecular weight excluding hydrogens is 302 g/mol. The fourth-order valence-corrected chi connectivity index (χ4v) is 0.270. The molecule has 4 N–H and O–H groups in total. The molecule has 2 atom stereocenters. The Balaban J connectivity index is -0.000000105. The van der Waals surface area contributed by atoms with E-state index in [2.05, 4.69) is 0 Å². The van der Waals surface area contributed by atoms with Crippen molar-refractivity contribution in [2.75, 3.05) is 0 Å². The van der Waals surface area contributed by atoms with Gasteiger partial charge in [-0.15, -0.1) is 11.4 Å². The van der Waals surface area contributed by atoms with E-state index >= 15 is 0 Å². The Morgan fingerprint density at radius 1 is 0.938 bits per heavy atom. The monoisotopic (exact) mass is 308 g/mol. The van der Waals surface area contributed by atoms with Gasteiger partial charge in [0, 0.05) is 0 Å². The van der Waals surface area contributed by atoms with Crippen LogP contribution in [0.5, 0.6) is 0 Å². The van der Waals surface area contributed by atoms with Crippen LogP contribution in [0, 0.1) is 0 Å². The maximum Gasteiger partial charge on any atom is 1.00 e. The number of aliphatic carboxylic acids is 2. The first-order chi connectivity index (χ1) is 6.20. The minimum absolute atomic E-state index is 0. The van der Waals surface area contributed by atoms with Crippen LogP contribution in [0.4, 0.5) is 0 Å². The summed E-state index contributed by atoms with van der Waals surface area (Å²) >= 11 is -3.11. The minimum atomic E-state index is -3.11. The summed E-state index contributed by atoms with van der Waals surface area (Å²) in [7, 11) is 0. The molecule has 16 heavy (non-hydrogen) atoms. The van der Waals surface area contributed by atoms with Gasteiger partial charge in [-0.3, -0.25) is 4.21 Å². The van der Waals surface area contributed by atoms with Gasteiger partial charge >= 0.3 is 115 Å². The van der Waals surface area contributed by atoms with E-state index < -0.39 is 35.5 Å². The predicted octanol–water partition coefficient (Wildman–Crippen LogP) is -9.12. The van der Waals surface area contributed by atoms with Crippen LogP contribution in [0.2, 0.25) is 0 Å². The van der Waals surface area contributed by atoms with Crippen molar-refractivity contribution < 1.29 is 146 Å². The van der Waals surface area contributed by atoms with Crippen molar-refractivity contribution in [3.63, 3.8) is 0 Å². The van der Waals surface area contributed by atoms with Gasteiger partial charge in [-0.05, 0) is 0 Å². The zero-order valence-electron chi connectivity index (χ0n) is 8.39. The third-order valence-corrected chi connectivity index (χ3v) is 0.805. The molecule has 0 radical (unpaired) electrons. The largest absolute Gasteiger partial charge is 1.00 e. The van der Waals surface area contributed by atoms with E-state index in [0.717, 1.165) is 0 Å². The number of carboxylic acid groups (broad SMARTS) is 2. The number of carbonyl (C=O) groups is 2. The van der Waals surface area contributed by atoms with Gasteiger partial charge in [0.25, 0.3) is 0 Å². The molecule has 9 nitrogen and oxygen atoms in total. The van der Waals surface area contributed by atoms with Crippen LogP contribution >= 0.6 is 0 Å². The van der Waals surface area contributed by atoms with Crippen molar-refractivity contribution in [1.29, 1.82) is 0 Å². The second kappa shape index (κ2) is 15.3. The van der Waals surface area contributed by atoms with Crippen LogP contribution in [-0.4, -0.2) is 57.9 Å². The summed E-state index contributed by atoms with van der Waals surface area (Å²) in [6, 6.07) is 0. The first-order valence-electron chi connectivity index (χ1n) is 2.78. The second-order valence-corrected chi connectivity index (χ2v) is 2.18. The Bertz CT molecular complexity index is 212. The van der Waals surface area contributed by atoms with Crippen molar-refractivity contribution in [2.45, 2.75) is 12.2 Å². The van der Waals surface area contributed by atoms with Crippen LogP contribution in [-0.2, 0) is 21.0 Å². The molecule has 0 aliphatic carbocycles. The van der Waals surface area contributed by atoms with Crippen LogP contribution in [0.3, 0.4) is 0 Å². The van der Waals surface area contributed by atoms with Gasteiger partial charge in [0.2, 0.25) is 0 Å². The van der Waals surface area contributed by atoms with Crippen molar-refractivity contribution >= 4 is 23.3 Å². The maximum atomic E-state index is 9.77. The number of aliphatic hydroxyl groups excluding tert-OH is 2. The average molecular weight is 308 g/mol. The van der Waals surface area contributed by atoms with E-state index in [1.165, 1.54) is 0 Å². The first kappa shape index (κ1) is 26.7. The molecule has 0 amide bonds. The molecule has 0 fully saturated rings. The van der Waals surface area contributed by atoms with E-state index in [-0.39, 0.29) is 103 Å². The number of hydrogen-bond acceptors (Lipinski definition) is 7. The van der Waals surface area contributed by atoms with Crippen molar-refractivity contribution in [1.82, 2.24) is 0 Å². The fraction of sp³-hybridized carbons (Fsp3) is 0.500. The molecule has 12 heteroatoms. The van der Waals surface area contributed by atoms with Gasteiger partial charge in [0.05, 0.1) is 0 Å². The molecule has 0 saturated carbocycles. The number of carboxylic acids is 2. The smallest absolute Gasteiger partial charge is 0.784 e. The van der Waals surface area contributed by atoms with Crippen LogP contribution in [0.15, 0.2) is 0 Å². The van der Waals surface area contributed by atoms with Crippen molar-refractivity contribution in [3.05, 3.63) is 0 Å². The Morgan fingerprint density at radius 2 is 1.06 bits per heavy atom. The summed E-state index contributed by atoms with van der Waals surface area (Å²) in [5.41, 5.74) is 0. The Hall–Kier alpha value is 2.20. The minimum Gasteiger partial charge on any atom is -0.784 e. The Kier molecular flexibility index (Phi) is 25.5. The molecular formula is C4H6K2O9S. The van der Waals surface area contributed by atoms with Gasteiger partial charge in [-0.2, -0.15) is 0 Å². The molecule has 0 heterocycles. The second-order valence-electron chi connectivity index (χ2n) is 1.77. The summed E-state index contributed by atoms with van der Waals surface area (Å²) < 4.78 is 25.3. The average Bonchev–Trinajstić information content (AvgIpc) is 2.00. The molecule has 0 bridgehead atoms. The fourth-order valence-electron chi connectivity index (χ4n) is 0.270. The van der Waals surface area contributed by atoms with E-state index in [0.29, 0.717) is 0 Å². The molecule has 84 valence electrons. The summed E-state index contributed by atoms with van der Waals surface area (Å²) in [5, 5.41) is 32.5. The topological polar surface area (TPSA) is 178 Å². The zero-order chi connectivity index (χ0) is 11.9. The third-order valence-electron chi connectivity index (χ3n) is 0.805. The van der Waals surface area contributed by atoms with E-state index in [1.807, 2.05) is 0 Å². The van der Waals surface area contributed by atoms with Gasteiger partial charge < -0.3 is 29.5 Å². The number of aliphatic hydroxyl groups is 2. The van der Waals surface area contributed by atoms with Gasteiger partial charge in [-0.1, -0.05) is 0 Å². The van der Waals surface area contributed by atoms with Crippen LogP contribution in [0.25, 0.3) is 0 Å².